The largest absolute Gasteiger partial charge is 0.457 e. The molecule has 0 aromatic heterocycles. The van der Waals surface area contributed by atoms with Gasteiger partial charge in [0.25, 0.3) is 0 Å². The summed E-state index contributed by atoms with van der Waals surface area (Å²) in [5.41, 5.74) is 2.14. The van der Waals surface area contributed by atoms with E-state index in [-0.39, 0.29) is 23.1 Å². The number of benzene rings is 3. The van der Waals surface area contributed by atoms with Gasteiger partial charge < -0.3 is 9.47 Å². The van der Waals surface area contributed by atoms with Crippen LogP contribution >= 0.6 is 11.6 Å². The highest BCUT2D eigenvalue weighted by atomic mass is 35.5. The molecule has 0 heterocycles. The molecule has 142 valence electrons. The van der Waals surface area contributed by atoms with E-state index < -0.39 is 10.9 Å². The number of nitro benzene ring substituents is 1. The normalized spacial score (nSPS) is 10.4. The topological polar surface area (TPSA) is 78.7 Å². The predicted molar refractivity (Wildman–Crippen MR) is 105 cm³/mol. The smallest absolute Gasteiger partial charge is 0.338 e. The van der Waals surface area contributed by atoms with Gasteiger partial charge in [-0.25, -0.2) is 4.79 Å². The second kappa shape index (κ2) is 8.54. The van der Waals surface area contributed by atoms with Gasteiger partial charge in [-0.2, -0.15) is 0 Å². The molecule has 0 aliphatic rings. The Morgan fingerprint density at radius 1 is 1.04 bits per heavy atom. The molecule has 0 saturated carbocycles. The number of halogens is 1. The van der Waals surface area contributed by atoms with E-state index in [4.69, 9.17) is 21.1 Å². The number of esters is 1. The predicted octanol–water partition coefficient (Wildman–Crippen LogP) is 5.71. The Morgan fingerprint density at radius 2 is 1.71 bits per heavy atom. The van der Waals surface area contributed by atoms with Gasteiger partial charge in [-0.15, -0.1) is 0 Å². The van der Waals surface area contributed by atoms with Crippen LogP contribution < -0.4 is 4.74 Å². The number of carbonyl (C=O) groups excluding carboxylic acids is 1. The van der Waals surface area contributed by atoms with E-state index in [9.17, 15) is 14.9 Å². The molecular formula is C21H16ClNO5. The number of nitrogens with zero attached hydrogens (tertiary/aromatic N) is 1. The Hall–Kier alpha value is -3.38. The maximum absolute atomic E-state index is 12.2. The Bertz CT molecular complexity index is 1000. The summed E-state index contributed by atoms with van der Waals surface area (Å²) >= 11 is 5.79. The highest BCUT2D eigenvalue weighted by Crippen LogP contribution is 2.33. The number of nitro groups is 1. The van der Waals surface area contributed by atoms with Gasteiger partial charge in [0, 0.05) is 11.1 Å². The van der Waals surface area contributed by atoms with Crippen LogP contribution in [0, 0.1) is 17.0 Å². The van der Waals surface area contributed by atoms with E-state index in [1.54, 1.807) is 12.1 Å². The van der Waals surface area contributed by atoms with Gasteiger partial charge in [0.2, 0.25) is 5.75 Å². The first kappa shape index (κ1) is 19.4. The first-order valence-corrected chi connectivity index (χ1v) is 8.75. The Balaban J connectivity index is 1.65. The van der Waals surface area contributed by atoms with Crippen molar-refractivity contribution in [3.63, 3.8) is 0 Å². The van der Waals surface area contributed by atoms with E-state index in [0.717, 1.165) is 11.1 Å². The zero-order valence-corrected chi connectivity index (χ0v) is 15.7. The van der Waals surface area contributed by atoms with Crippen LogP contribution in [-0.4, -0.2) is 10.9 Å². The molecule has 0 aliphatic carbocycles. The molecule has 0 aliphatic heterocycles. The standard InChI is InChI=1S/C21H16ClNO5/c1-14-2-4-15(5-3-14)13-27-21(24)16-6-9-18(10-7-16)28-20-11-8-17(22)12-19(20)23(25)26/h2-12H,13H2,1H3. The summed E-state index contributed by atoms with van der Waals surface area (Å²) in [6, 6.07) is 18.0. The molecule has 0 amide bonds. The summed E-state index contributed by atoms with van der Waals surface area (Å²) in [5.74, 6) is -0.0609. The van der Waals surface area contributed by atoms with Crippen molar-refractivity contribution in [1.82, 2.24) is 0 Å². The molecule has 0 unspecified atom stereocenters. The van der Waals surface area contributed by atoms with Crippen LogP contribution in [0.25, 0.3) is 0 Å². The van der Waals surface area contributed by atoms with Crippen LogP contribution in [0.15, 0.2) is 66.7 Å². The van der Waals surface area contributed by atoms with Crippen molar-refractivity contribution in [1.29, 1.82) is 0 Å². The average Bonchev–Trinajstić information content (AvgIpc) is 2.69. The average molecular weight is 398 g/mol. The summed E-state index contributed by atoms with van der Waals surface area (Å²) in [7, 11) is 0. The molecular weight excluding hydrogens is 382 g/mol. The molecule has 0 spiro atoms. The molecule has 0 saturated heterocycles. The van der Waals surface area contributed by atoms with E-state index >= 15 is 0 Å². The van der Waals surface area contributed by atoms with Crippen molar-refractivity contribution in [3.8, 4) is 11.5 Å². The number of aryl methyl sites for hydroxylation is 1. The minimum atomic E-state index is -0.571. The van der Waals surface area contributed by atoms with Gasteiger partial charge in [-0.1, -0.05) is 41.4 Å². The summed E-state index contributed by atoms with van der Waals surface area (Å²) in [5, 5.41) is 11.4. The molecule has 3 aromatic carbocycles. The molecule has 0 atom stereocenters. The molecule has 7 heteroatoms. The van der Waals surface area contributed by atoms with Crippen LogP contribution in [0.2, 0.25) is 5.02 Å². The van der Waals surface area contributed by atoms with Crippen molar-refractivity contribution < 1.29 is 19.2 Å². The lowest BCUT2D eigenvalue weighted by Crippen LogP contribution is -2.05. The highest BCUT2D eigenvalue weighted by Gasteiger charge is 2.17. The van der Waals surface area contributed by atoms with Gasteiger partial charge >= 0.3 is 11.7 Å². The Morgan fingerprint density at radius 3 is 2.36 bits per heavy atom. The fourth-order valence-corrected chi connectivity index (χ4v) is 2.59. The fourth-order valence-electron chi connectivity index (χ4n) is 2.42. The number of hydrogen-bond acceptors (Lipinski definition) is 5. The second-order valence-corrected chi connectivity index (χ2v) is 6.49. The van der Waals surface area contributed by atoms with Crippen LogP contribution in [-0.2, 0) is 11.3 Å². The quantitative estimate of drug-likeness (QED) is 0.302. The Kier molecular flexibility index (Phi) is 5.91. The zero-order valence-electron chi connectivity index (χ0n) is 14.9. The molecule has 28 heavy (non-hydrogen) atoms. The molecule has 0 radical (unpaired) electrons. The number of carbonyl (C=O) groups is 1. The van der Waals surface area contributed by atoms with Gasteiger partial charge in [0.05, 0.1) is 10.5 Å². The second-order valence-electron chi connectivity index (χ2n) is 6.06. The van der Waals surface area contributed by atoms with Gasteiger partial charge in [0.15, 0.2) is 0 Å². The first-order valence-electron chi connectivity index (χ1n) is 8.37. The monoisotopic (exact) mass is 397 g/mol. The summed E-state index contributed by atoms with van der Waals surface area (Å²) in [6.07, 6.45) is 0. The maximum atomic E-state index is 12.2. The summed E-state index contributed by atoms with van der Waals surface area (Å²) < 4.78 is 10.8. The molecule has 6 nitrogen and oxygen atoms in total. The number of hydrogen-bond donors (Lipinski definition) is 0. The SMILES string of the molecule is Cc1ccc(COC(=O)c2ccc(Oc3ccc(Cl)cc3[N+](=O)[O-])cc2)cc1. The van der Waals surface area contributed by atoms with Crippen LogP contribution in [0.1, 0.15) is 21.5 Å². The molecule has 0 fully saturated rings. The third-order valence-electron chi connectivity index (χ3n) is 3.93. The summed E-state index contributed by atoms with van der Waals surface area (Å²) in [6.45, 7) is 2.16. The van der Waals surface area contributed by atoms with Crippen molar-refractivity contribution in [2.45, 2.75) is 13.5 Å². The minimum absolute atomic E-state index is 0.0593. The lowest BCUT2D eigenvalue weighted by atomic mass is 10.2. The highest BCUT2D eigenvalue weighted by molar-refractivity contribution is 6.30. The maximum Gasteiger partial charge on any atom is 0.338 e. The third-order valence-corrected chi connectivity index (χ3v) is 4.16. The summed E-state index contributed by atoms with van der Waals surface area (Å²) in [4.78, 5) is 22.7. The number of ether oxygens (including phenoxy) is 2. The van der Waals surface area contributed by atoms with Gasteiger partial charge in [-0.05, 0) is 48.9 Å². The first-order chi connectivity index (χ1) is 13.4. The van der Waals surface area contributed by atoms with Crippen molar-refractivity contribution >= 4 is 23.3 Å². The van der Waals surface area contributed by atoms with E-state index in [1.807, 2.05) is 31.2 Å². The molecule has 3 rings (SSSR count). The Labute approximate surface area is 166 Å². The minimum Gasteiger partial charge on any atom is -0.457 e. The van der Waals surface area contributed by atoms with Gasteiger partial charge in [0.1, 0.15) is 12.4 Å². The van der Waals surface area contributed by atoms with E-state index in [0.29, 0.717) is 11.3 Å². The molecule has 3 aromatic rings. The van der Waals surface area contributed by atoms with Crippen LogP contribution in [0.4, 0.5) is 5.69 Å². The lowest BCUT2D eigenvalue weighted by Gasteiger charge is -2.08. The lowest BCUT2D eigenvalue weighted by molar-refractivity contribution is -0.385. The van der Waals surface area contributed by atoms with Crippen molar-refractivity contribution in [3.05, 3.63) is 98.6 Å². The van der Waals surface area contributed by atoms with Crippen LogP contribution in [0.5, 0.6) is 11.5 Å². The number of rotatable bonds is 6. The third kappa shape index (κ3) is 4.86. The molecule has 0 N–H and O–H groups in total. The van der Waals surface area contributed by atoms with Crippen molar-refractivity contribution in [2.24, 2.45) is 0 Å². The fraction of sp³-hybridized carbons (Fsp3) is 0.0952. The van der Waals surface area contributed by atoms with E-state index in [1.165, 1.54) is 30.3 Å². The van der Waals surface area contributed by atoms with E-state index in [2.05, 4.69) is 0 Å². The van der Waals surface area contributed by atoms with Gasteiger partial charge in [-0.3, -0.25) is 10.1 Å². The van der Waals surface area contributed by atoms with Crippen LogP contribution in [0.3, 0.4) is 0 Å². The molecule has 0 bridgehead atoms. The van der Waals surface area contributed by atoms with Crippen molar-refractivity contribution in [2.75, 3.05) is 0 Å². The zero-order chi connectivity index (χ0) is 20.1.